The lowest BCUT2D eigenvalue weighted by molar-refractivity contribution is -0.109. The van der Waals surface area contributed by atoms with Gasteiger partial charge in [-0.2, -0.15) is 4.31 Å². The van der Waals surface area contributed by atoms with Crippen LogP contribution in [0.2, 0.25) is 5.02 Å². The summed E-state index contributed by atoms with van der Waals surface area (Å²) in [6.45, 7) is 0.642. The zero-order chi connectivity index (χ0) is 16.8. The van der Waals surface area contributed by atoms with Gasteiger partial charge < -0.3 is 9.47 Å². The molecule has 0 aromatic heterocycles. The monoisotopic (exact) mass is 365 g/mol. The van der Waals surface area contributed by atoms with E-state index in [2.05, 4.69) is 0 Å². The van der Waals surface area contributed by atoms with Gasteiger partial charge >= 0.3 is 0 Å². The second-order valence-corrected chi connectivity index (χ2v) is 8.21. The minimum Gasteiger partial charge on any atom is -0.448 e. The Morgan fingerprint density at radius 2 is 1.46 bits per heavy atom. The van der Waals surface area contributed by atoms with Gasteiger partial charge in [-0.25, -0.2) is 8.42 Å². The summed E-state index contributed by atoms with van der Waals surface area (Å²) >= 11 is 6.05. The second kappa shape index (κ2) is 5.65. The molecule has 24 heavy (non-hydrogen) atoms. The first-order valence-corrected chi connectivity index (χ1v) is 9.54. The molecule has 2 heterocycles. The first kappa shape index (κ1) is 15.7. The molecule has 2 aromatic carbocycles. The topological polar surface area (TPSA) is 55.8 Å². The normalized spacial score (nSPS) is 19.5. The maximum absolute atomic E-state index is 12.8. The smallest absolute Gasteiger partial charge is 0.254 e. The number of para-hydroxylation sites is 2. The Balaban J connectivity index is 1.52. The van der Waals surface area contributed by atoms with Crippen LogP contribution < -0.4 is 9.47 Å². The van der Waals surface area contributed by atoms with Crippen molar-refractivity contribution in [3.63, 3.8) is 0 Å². The lowest BCUT2D eigenvalue weighted by atomic mass is 10.1. The summed E-state index contributed by atoms with van der Waals surface area (Å²) in [5, 5.41) is 0.235. The molecule has 1 saturated heterocycles. The Hall–Kier alpha value is -1.76. The predicted molar refractivity (Wildman–Crippen MR) is 89.9 cm³/mol. The molecule has 0 atom stereocenters. The molecular weight excluding hydrogens is 350 g/mol. The van der Waals surface area contributed by atoms with E-state index < -0.39 is 15.8 Å². The van der Waals surface area contributed by atoms with Crippen molar-refractivity contribution in [3.8, 4) is 11.5 Å². The molecule has 2 aliphatic rings. The maximum Gasteiger partial charge on any atom is 0.254 e. The molecule has 0 aliphatic carbocycles. The van der Waals surface area contributed by atoms with E-state index in [0.717, 1.165) is 0 Å². The molecule has 7 heteroatoms. The van der Waals surface area contributed by atoms with Gasteiger partial charge in [0, 0.05) is 25.9 Å². The summed E-state index contributed by atoms with van der Waals surface area (Å²) in [6, 6.07) is 14.0. The van der Waals surface area contributed by atoms with Crippen molar-refractivity contribution in [1.82, 2.24) is 4.31 Å². The molecule has 4 rings (SSSR count). The first-order chi connectivity index (χ1) is 11.5. The first-order valence-electron chi connectivity index (χ1n) is 7.72. The molecule has 1 spiro atoms. The number of hydrogen-bond donors (Lipinski definition) is 0. The van der Waals surface area contributed by atoms with Gasteiger partial charge in [0.25, 0.3) is 5.79 Å². The number of ether oxygens (including phenoxy) is 2. The highest BCUT2D eigenvalue weighted by molar-refractivity contribution is 7.89. The van der Waals surface area contributed by atoms with E-state index in [1.807, 2.05) is 24.3 Å². The highest BCUT2D eigenvalue weighted by Gasteiger charge is 2.46. The zero-order valence-corrected chi connectivity index (χ0v) is 14.4. The number of halogens is 1. The zero-order valence-electron chi connectivity index (χ0n) is 12.8. The molecule has 0 N–H and O–H groups in total. The average Bonchev–Trinajstić information content (AvgIpc) is 2.93. The fourth-order valence-electron chi connectivity index (χ4n) is 3.10. The van der Waals surface area contributed by atoms with Crippen molar-refractivity contribution in [2.45, 2.75) is 23.5 Å². The van der Waals surface area contributed by atoms with Crippen LogP contribution in [0.1, 0.15) is 12.8 Å². The summed E-state index contributed by atoms with van der Waals surface area (Å²) in [5.41, 5.74) is 0. The van der Waals surface area contributed by atoms with Crippen LogP contribution in [0.4, 0.5) is 0 Å². The van der Waals surface area contributed by atoms with Crippen LogP contribution in [0, 0.1) is 0 Å². The van der Waals surface area contributed by atoms with Crippen LogP contribution in [0.5, 0.6) is 11.5 Å². The van der Waals surface area contributed by atoms with Gasteiger partial charge in [0.2, 0.25) is 10.0 Å². The Kier molecular flexibility index (Phi) is 3.71. The van der Waals surface area contributed by atoms with Gasteiger partial charge in [-0.1, -0.05) is 35.9 Å². The molecule has 126 valence electrons. The number of hydrogen-bond acceptors (Lipinski definition) is 4. The lowest BCUT2D eigenvalue weighted by Gasteiger charge is -2.36. The molecule has 0 amide bonds. The Morgan fingerprint density at radius 3 is 2.04 bits per heavy atom. The van der Waals surface area contributed by atoms with E-state index in [0.29, 0.717) is 37.4 Å². The number of benzene rings is 2. The van der Waals surface area contributed by atoms with Crippen molar-refractivity contribution in [1.29, 1.82) is 0 Å². The highest BCUT2D eigenvalue weighted by atomic mass is 35.5. The molecule has 0 bridgehead atoms. The van der Waals surface area contributed by atoms with Crippen LogP contribution in [0.3, 0.4) is 0 Å². The molecule has 5 nitrogen and oxygen atoms in total. The minimum atomic E-state index is -3.62. The van der Waals surface area contributed by atoms with Gasteiger partial charge in [-0.3, -0.25) is 0 Å². The molecule has 0 radical (unpaired) electrons. The number of rotatable bonds is 2. The SMILES string of the molecule is O=S(=O)(c1ccccc1Cl)N1CCC2(CC1)Oc1ccccc1O2. The number of piperidine rings is 1. The van der Waals surface area contributed by atoms with Crippen LogP contribution in [-0.2, 0) is 10.0 Å². The van der Waals surface area contributed by atoms with Gasteiger partial charge in [0.15, 0.2) is 11.5 Å². The van der Waals surface area contributed by atoms with E-state index in [9.17, 15) is 8.42 Å². The van der Waals surface area contributed by atoms with Crippen LogP contribution >= 0.6 is 11.6 Å². The van der Waals surface area contributed by atoms with E-state index >= 15 is 0 Å². The fourth-order valence-corrected chi connectivity index (χ4v) is 5.04. The number of nitrogens with zero attached hydrogens (tertiary/aromatic N) is 1. The summed E-state index contributed by atoms with van der Waals surface area (Å²) in [7, 11) is -3.62. The Morgan fingerprint density at radius 1 is 0.917 bits per heavy atom. The number of sulfonamides is 1. The van der Waals surface area contributed by atoms with Crippen LogP contribution in [0.25, 0.3) is 0 Å². The molecule has 0 saturated carbocycles. The third-order valence-corrected chi connectivity index (χ3v) is 6.78. The van der Waals surface area contributed by atoms with E-state index in [1.165, 1.54) is 10.4 Å². The van der Waals surface area contributed by atoms with Gasteiger partial charge in [0.05, 0.1) is 5.02 Å². The molecular formula is C17H16ClNO4S. The van der Waals surface area contributed by atoms with Crippen LogP contribution in [0.15, 0.2) is 53.4 Å². The van der Waals surface area contributed by atoms with Crippen molar-refractivity contribution in [2.24, 2.45) is 0 Å². The van der Waals surface area contributed by atoms with Crippen molar-refractivity contribution in [3.05, 3.63) is 53.6 Å². The Labute approximate surface area is 145 Å². The molecule has 2 aliphatic heterocycles. The van der Waals surface area contributed by atoms with Crippen molar-refractivity contribution < 1.29 is 17.9 Å². The van der Waals surface area contributed by atoms with Crippen molar-refractivity contribution in [2.75, 3.05) is 13.1 Å². The van der Waals surface area contributed by atoms with E-state index in [-0.39, 0.29) is 9.92 Å². The van der Waals surface area contributed by atoms with Gasteiger partial charge in [-0.05, 0) is 24.3 Å². The summed E-state index contributed by atoms with van der Waals surface area (Å²) in [5.74, 6) is 0.649. The average molecular weight is 366 g/mol. The maximum atomic E-state index is 12.8. The van der Waals surface area contributed by atoms with E-state index in [1.54, 1.807) is 18.2 Å². The third kappa shape index (κ3) is 2.55. The van der Waals surface area contributed by atoms with Gasteiger partial charge in [-0.15, -0.1) is 0 Å². The summed E-state index contributed by atoms with van der Waals surface area (Å²) in [6.07, 6.45) is 0.927. The fraction of sp³-hybridized carbons (Fsp3) is 0.294. The van der Waals surface area contributed by atoms with Gasteiger partial charge in [0.1, 0.15) is 4.90 Å². The minimum absolute atomic E-state index is 0.138. The molecule has 0 unspecified atom stereocenters. The quantitative estimate of drug-likeness (QED) is 0.819. The van der Waals surface area contributed by atoms with E-state index in [4.69, 9.17) is 21.1 Å². The third-order valence-electron chi connectivity index (χ3n) is 4.38. The summed E-state index contributed by atoms with van der Waals surface area (Å²) in [4.78, 5) is 0.138. The second-order valence-electron chi connectivity index (χ2n) is 5.90. The standard InChI is InChI=1S/C17H16ClNO4S/c18-13-5-1-4-8-16(13)24(20,21)19-11-9-17(10-12-19)22-14-6-2-3-7-15(14)23-17/h1-8H,9-12H2. The number of fused-ring (bicyclic) bond motifs is 1. The predicted octanol–water partition coefficient (Wildman–Crippen LogP) is 3.29. The lowest BCUT2D eigenvalue weighted by Crippen LogP contribution is -2.51. The molecule has 1 fully saturated rings. The van der Waals surface area contributed by atoms with Crippen LogP contribution in [-0.4, -0.2) is 31.6 Å². The Bertz CT molecular complexity index is 849. The molecule has 2 aromatic rings. The summed E-state index contributed by atoms with van der Waals surface area (Å²) < 4.78 is 38.9. The largest absolute Gasteiger partial charge is 0.448 e. The van der Waals surface area contributed by atoms with Crippen molar-refractivity contribution >= 4 is 21.6 Å². The highest BCUT2D eigenvalue weighted by Crippen LogP contribution is 2.44.